The molecule has 1 N–H and O–H groups in total. The number of nitrogens with one attached hydrogen (secondary N) is 1. The van der Waals surface area contributed by atoms with Gasteiger partial charge in [-0.05, 0) is 18.6 Å². The van der Waals surface area contributed by atoms with Gasteiger partial charge in [-0.2, -0.15) is 0 Å². The number of rotatable bonds is 5. The molecule has 0 atom stereocenters. The average molecular weight is 288 g/mol. The smallest absolute Gasteiger partial charge is 0.193 e. The fraction of sp³-hybridized carbons (Fsp3) is 0.588. The van der Waals surface area contributed by atoms with Gasteiger partial charge in [0, 0.05) is 45.5 Å². The van der Waals surface area contributed by atoms with Crippen LogP contribution >= 0.6 is 0 Å². The molecule has 1 saturated heterocycles. The summed E-state index contributed by atoms with van der Waals surface area (Å²) in [6.07, 6.45) is 3.77. The van der Waals surface area contributed by atoms with E-state index in [1.807, 2.05) is 7.05 Å². The lowest BCUT2D eigenvalue weighted by atomic mass is 10.2. The summed E-state index contributed by atoms with van der Waals surface area (Å²) in [4.78, 5) is 9.23. The van der Waals surface area contributed by atoms with Crippen LogP contribution in [-0.4, -0.2) is 50.6 Å². The molecule has 1 fully saturated rings. The maximum absolute atomic E-state index is 4.42. The second-order valence-electron chi connectivity index (χ2n) is 5.49. The monoisotopic (exact) mass is 288 g/mol. The Labute approximate surface area is 128 Å². The Morgan fingerprint density at radius 2 is 1.81 bits per heavy atom. The molecule has 1 heterocycles. The molecule has 0 bridgehead atoms. The molecule has 2 rings (SSSR count). The number of guanidine groups is 1. The van der Waals surface area contributed by atoms with Gasteiger partial charge in [0.1, 0.15) is 0 Å². The minimum absolute atomic E-state index is 1.03. The highest BCUT2D eigenvalue weighted by molar-refractivity contribution is 5.80. The predicted molar refractivity (Wildman–Crippen MR) is 91.1 cm³/mol. The Morgan fingerprint density at radius 1 is 1.10 bits per heavy atom. The molecule has 4 nitrogen and oxygen atoms in total. The number of para-hydroxylation sites is 1. The van der Waals surface area contributed by atoms with E-state index >= 15 is 0 Å². The molecule has 0 saturated carbocycles. The van der Waals surface area contributed by atoms with Gasteiger partial charge in [0.05, 0.1) is 0 Å². The summed E-state index contributed by atoms with van der Waals surface area (Å²) in [7, 11) is 1.88. The van der Waals surface area contributed by atoms with Crippen molar-refractivity contribution in [2.75, 3.05) is 44.7 Å². The maximum atomic E-state index is 4.42. The Balaban J connectivity index is 1.79. The van der Waals surface area contributed by atoms with Gasteiger partial charge < -0.3 is 15.1 Å². The predicted octanol–water partition coefficient (Wildman–Crippen LogP) is 2.57. The van der Waals surface area contributed by atoms with Gasteiger partial charge in [-0.1, -0.05) is 38.0 Å². The minimum Gasteiger partial charge on any atom is -0.368 e. The summed E-state index contributed by atoms with van der Waals surface area (Å²) in [5, 5.41) is 3.49. The van der Waals surface area contributed by atoms with Gasteiger partial charge >= 0.3 is 0 Å². The molecule has 4 heteroatoms. The molecule has 1 aromatic rings. The largest absolute Gasteiger partial charge is 0.368 e. The van der Waals surface area contributed by atoms with Crippen molar-refractivity contribution in [3.63, 3.8) is 0 Å². The topological polar surface area (TPSA) is 30.9 Å². The SMILES string of the molecule is CCCCCNC(=NC)N1CCN(c2ccccc2)CC1. The van der Waals surface area contributed by atoms with E-state index in [0.717, 1.165) is 38.7 Å². The lowest BCUT2D eigenvalue weighted by Gasteiger charge is -2.37. The van der Waals surface area contributed by atoms with Crippen LogP contribution in [0.5, 0.6) is 0 Å². The quantitative estimate of drug-likeness (QED) is 0.513. The van der Waals surface area contributed by atoms with E-state index in [1.165, 1.54) is 24.9 Å². The van der Waals surface area contributed by atoms with E-state index in [4.69, 9.17) is 0 Å². The average Bonchev–Trinajstić information content (AvgIpc) is 2.56. The highest BCUT2D eigenvalue weighted by Crippen LogP contribution is 2.15. The lowest BCUT2D eigenvalue weighted by molar-refractivity contribution is 0.372. The molecule has 1 aliphatic heterocycles. The Hall–Kier alpha value is -1.71. The first-order chi connectivity index (χ1) is 10.3. The van der Waals surface area contributed by atoms with Crippen LogP contribution in [0.25, 0.3) is 0 Å². The van der Waals surface area contributed by atoms with Gasteiger partial charge in [0.25, 0.3) is 0 Å². The van der Waals surface area contributed by atoms with Gasteiger partial charge in [0.15, 0.2) is 5.96 Å². The van der Waals surface area contributed by atoms with Crippen LogP contribution < -0.4 is 10.2 Å². The fourth-order valence-electron chi connectivity index (χ4n) is 2.72. The standard InChI is InChI=1S/C17H28N4/c1-3-4-8-11-19-17(18-2)21-14-12-20(13-15-21)16-9-6-5-7-10-16/h5-7,9-10H,3-4,8,11-15H2,1-2H3,(H,18,19). The lowest BCUT2D eigenvalue weighted by Crippen LogP contribution is -2.52. The second kappa shape index (κ2) is 8.55. The first-order valence-electron chi connectivity index (χ1n) is 8.10. The van der Waals surface area contributed by atoms with Crippen molar-refractivity contribution in [3.05, 3.63) is 30.3 Å². The highest BCUT2D eigenvalue weighted by Gasteiger charge is 2.19. The van der Waals surface area contributed by atoms with Crippen molar-refractivity contribution in [2.24, 2.45) is 4.99 Å². The summed E-state index contributed by atoms with van der Waals surface area (Å²) in [6, 6.07) is 10.7. The van der Waals surface area contributed by atoms with Crippen molar-refractivity contribution in [1.82, 2.24) is 10.2 Å². The number of nitrogens with zero attached hydrogens (tertiary/aromatic N) is 3. The summed E-state index contributed by atoms with van der Waals surface area (Å²) in [5.74, 6) is 1.05. The zero-order valence-corrected chi connectivity index (χ0v) is 13.4. The molecule has 0 unspecified atom stereocenters. The van der Waals surface area contributed by atoms with E-state index in [9.17, 15) is 0 Å². The van der Waals surface area contributed by atoms with Crippen LogP contribution in [0.3, 0.4) is 0 Å². The van der Waals surface area contributed by atoms with Crippen molar-refractivity contribution in [3.8, 4) is 0 Å². The zero-order valence-electron chi connectivity index (χ0n) is 13.4. The van der Waals surface area contributed by atoms with Crippen molar-refractivity contribution in [2.45, 2.75) is 26.2 Å². The van der Waals surface area contributed by atoms with E-state index < -0.39 is 0 Å². The third-order valence-corrected chi connectivity index (χ3v) is 3.98. The first kappa shape index (κ1) is 15.7. The van der Waals surface area contributed by atoms with E-state index in [2.05, 4.69) is 57.4 Å². The van der Waals surface area contributed by atoms with Crippen molar-refractivity contribution in [1.29, 1.82) is 0 Å². The molecule has 0 aromatic heterocycles. The maximum Gasteiger partial charge on any atom is 0.193 e. The molecule has 0 spiro atoms. The molecule has 1 aliphatic rings. The molecule has 21 heavy (non-hydrogen) atoms. The summed E-state index contributed by atoms with van der Waals surface area (Å²) >= 11 is 0. The molecule has 0 amide bonds. The van der Waals surface area contributed by atoms with Crippen LogP contribution in [0, 0.1) is 0 Å². The van der Waals surface area contributed by atoms with Gasteiger partial charge in [-0.3, -0.25) is 4.99 Å². The van der Waals surface area contributed by atoms with Crippen LogP contribution in [0.4, 0.5) is 5.69 Å². The van der Waals surface area contributed by atoms with E-state index in [0.29, 0.717) is 0 Å². The Morgan fingerprint density at radius 3 is 2.43 bits per heavy atom. The first-order valence-corrected chi connectivity index (χ1v) is 8.10. The molecule has 116 valence electrons. The number of hydrogen-bond acceptors (Lipinski definition) is 2. The number of benzene rings is 1. The van der Waals surface area contributed by atoms with Crippen molar-refractivity contribution < 1.29 is 0 Å². The number of hydrogen-bond donors (Lipinski definition) is 1. The third-order valence-electron chi connectivity index (χ3n) is 3.98. The van der Waals surface area contributed by atoms with Gasteiger partial charge in [0.2, 0.25) is 0 Å². The molecular weight excluding hydrogens is 260 g/mol. The van der Waals surface area contributed by atoms with E-state index in [1.54, 1.807) is 0 Å². The summed E-state index contributed by atoms with van der Waals surface area (Å²) in [6.45, 7) is 7.43. The second-order valence-corrected chi connectivity index (χ2v) is 5.49. The molecule has 0 radical (unpaired) electrons. The van der Waals surface area contributed by atoms with Crippen LogP contribution in [0.1, 0.15) is 26.2 Å². The number of aliphatic imine (C=N–C) groups is 1. The van der Waals surface area contributed by atoms with Crippen molar-refractivity contribution >= 4 is 11.6 Å². The Kier molecular flexibility index (Phi) is 6.38. The highest BCUT2D eigenvalue weighted by atomic mass is 15.3. The van der Waals surface area contributed by atoms with E-state index in [-0.39, 0.29) is 0 Å². The van der Waals surface area contributed by atoms with Crippen LogP contribution in [-0.2, 0) is 0 Å². The number of piperazine rings is 1. The fourth-order valence-corrected chi connectivity index (χ4v) is 2.72. The third kappa shape index (κ3) is 4.66. The van der Waals surface area contributed by atoms with Crippen LogP contribution in [0.15, 0.2) is 35.3 Å². The number of anilines is 1. The summed E-state index contributed by atoms with van der Waals surface area (Å²) in [5.41, 5.74) is 1.32. The Bertz CT molecular complexity index is 422. The number of unbranched alkanes of at least 4 members (excludes halogenated alkanes) is 2. The molecule has 0 aliphatic carbocycles. The normalized spacial score (nSPS) is 16.2. The molecule has 1 aromatic carbocycles. The van der Waals surface area contributed by atoms with Gasteiger partial charge in [-0.15, -0.1) is 0 Å². The minimum atomic E-state index is 1.03. The molecular formula is C17H28N4. The van der Waals surface area contributed by atoms with Gasteiger partial charge in [-0.25, -0.2) is 0 Å². The zero-order chi connectivity index (χ0) is 14.9. The summed E-state index contributed by atoms with van der Waals surface area (Å²) < 4.78 is 0. The van der Waals surface area contributed by atoms with Crippen LogP contribution in [0.2, 0.25) is 0 Å².